The van der Waals surface area contributed by atoms with E-state index in [-0.39, 0.29) is 18.3 Å². The van der Waals surface area contributed by atoms with E-state index < -0.39 is 11.9 Å². The number of ketones is 1. The fraction of sp³-hybridized carbons (Fsp3) is 0.304. The van der Waals surface area contributed by atoms with Crippen LogP contribution >= 0.6 is 0 Å². The summed E-state index contributed by atoms with van der Waals surface area (Å²) in [7, 11) is 3.21. The number of esters is 1. The van der Waals surface area contributed by atoms with Crippen LogP contribution in [-0.2, 0) is 14.3 Å². The molecule has 1 aliphatic rings. The van der Waals surface area contributed by atoms with Crippen LogP contribution in [0.4, 0.5) is 0 Å². The van der Waals surface area contributed by atoms with Gasteiger partial charge in [0.25, 0.3) is 0 Å². The Balaban J connectivity index is 2.01. The fourth-order valence-corrected chi connectivity index (χ4v) is 3.57. The SMILES string of the molecule is CCOC(=O)C1C(=O)C=C(c2ccc(OC)cc2)CC1c1cccc(OC)c1. The molecule has 0 radical (unpaired) electrons. The highest BCUT2D eigenvalue weighted by Gasteiger charge is 2.39. The Kier molecular flexibility index (Phi) is 6.14. The van der Waals surface area contributed by atoms with Gasteiger partial charge in [0.05, 0.1) is 20.8 Å². The number of methoxy groups -OCH3 is 2. The molecule has 0 aliphatic heterocycles. The summed E-state index contributed by atoms with van der Waals surface area (Å²) in [5.74, 6) is -0.445. The molecule has 146 valence electrons. The summed E-state index contributed by atoms with van der Waals surface area (Å²) < 4.78 is 15.7. The molecule has 1 aliphatic carbocycles. The van der Waals surface area contributed by atoms with Crippen molar-refractivity contribution >= 4 is 17.3 Å². The lowest BCUT2D eigenvalue weighted by atomic mass is 9.73. The molecule has 2 aromatic carbocycles. The highest BCUT2D eigenvalue weighted by molar-refractivity contribution is 6.10. The van der Waals surface area contributed by atoms with Crippen molar-refractivity contribution in [2.45, 2.75) is 19.3 Å². The van der Waals surface area contributed by atoms with Crippen LogP contribution in [-0.4, -0.2) is 32.6 Å². The maximum atomic E-state index is 12.9. The zero-order valence-electron chi connectivity index (χ0n) is 16.3. The predicted molar refractivity (Wildman–Crippen MR) is 106 cm³/mol. The second kappa shape index (κ2) is 8.74. The molecule has 0 spiro atoms. The molecule has 3 rings (SSSR count). The van der Waals surface area contributed by atoms with Gasteiger partial charge in [-0.25, -0.2) is 0 Å². The zero-order valence-corrected chi connectivity index (χ0v) is 16.3. The first-order chi connectivity index (χ1) is 13.6. The van der Waals surface area contributed by atoms with E-state index >= 15 is 0 Å². The largest absolute Gasteiger partial charge is 0.497 e. The van der Waals surface area contributed by atoms with E-state index in [4.69, 9.17) is 14.2 Å². The first kappa shape index (κ1) is 19.7. The van der Waals surface area contributed by atoms with Gasteiger partial charge in [-0.2, -0.15) is 0 Å². The van der Waals surface area contributed by atoms with E-state index in [1.165, 1.54) is 0 Å². The third-order valence-electron chi connectivity index (χ3n) is 4.99. The lowest BCUT2D eigenvalue weighted by Gasteiger charge is -2.29. The van der Waals surface area contributed by atoms with Crippen LogP contribution in [0.25, 0.3) is 5.57 Å². The monoisotopic (exact) mass is 380 g/mol. The van der Waals surface area contributed by atoms with Gasteiger partial charge >= 0.3 is 5.97 Å². The van der Waals surface area contributed by atoms with E-state index in [1.807, 2.05) is 48.5 Å². The van der Waals surface area contributed by atoms with E-state index in [9.17, 15) is 9.59 Å². The smallest absolute Gasteiger partial charge is 0.317 e. The minimum absolute atomic E-state index is 0.233. The van der Waals surface area contributed by atoms with Crippen molar-refractivity contribution in [3.05, 3.63) is 65.7 Å². The van der Waals surface area contributed by atoms with Crippen LogP contribution < -0.4 is 9.47 Å². The van der Waals surface area contributed by atoms with Crippen molar-refractivity contribution in [3.8, 4) is 11.5 Å². The quantitative estimate of drug-likeness (QED) is 0.559. The second-order valence-electron chi connectivity index (χ2n) is 6.62. The summed E-state index contributed by atoms with van der Waals surface area (Å²) in [5, 5.41) is 0. The zero-order chi connectivity index (χ0) is 20.1. The third kappa shape index (κ3) is 4.09. The molecule has 2 atom stereocenters. The number of ether oxygens (including phenoxy) is 3. The molecule has 5 heteroatoms. The normalized spacial score (nSPS) is 19.0. The first-order valence-corrected chi connectivity index (χ1v) is 9.26. The summed E-state index contributed by atoms with van der Waals surface area (Å²) in [4.78, 5) is 25.5. The molecular formula is C23H24O5. The summed E-state index contributed by atoms with van der Waals surface area (Å²) in [6.45, 7) is 1.98. The Morgan fingerprint density at radius 2 is 1.75 bits per heavy atom. The number of carbonyl (C=O) groups is 2. The second-order valence-corrected chi connectivity index (χ2v) is 6.62. The average molecular weight is 380 g/mol. The van der Waals surface area contributed by atoms with Crippen LogP contribution in [0.5, 0.6) is 11.5 Å². The van der Waals surface area contributed by atoms with Crippen LogP contribution in [0.3, 0.4) is 0 Å². The Morgan fingerprint density at radius 1 is 1.04 bits per heavy atom. The lowest BCUT2D eigenvalue weighted by molar-refractivity contribution is -0.151. The van der Waals surface area contributed by atoms with Crippen molar-refractivity contribution in [3.63, 3.8) is 0 Å². The molecule has 5 nitrogen and oxygen atoms in total. The molecule has 0 amide bonds. The molecule has 0 bridgehead atoms. The van der Waals surface area contributed by atoms with E-state index in [0.29, 0.717) is 12.2 Å². The fourth-order valence-electron chi connectivity index (χ4n) is 3.57. The van der Waals surface area contributed by atoms with Crippen molar-refractivity contribution in [2.75, 3.05) is 20.8 Å². The van der Waals surface area contributed by atoms with Crippen molar-refractivity contribution in [1.82, 2.24) is 0 Å². The summed E-state index contributed by atoms with van der Waals surface area (Å²) in [6.07, 6.45) is 2.12. The van der Waals surface area contributed by atoms with Gasteiger partial charge in [0.1, 0.15) is 17.4 Å². The minimum Gasteiger partial charge on any atom is -0.497 e. The van der Waals surface area contributed by atoms with Crippen LogP contribution in [0.2, 0.25) is 0 Å². The summed E-state index contributed by atoms with van der Waals surface area (Å²) >= 11 is 0. The highest BCUT2D eigenvalue weighted by Crippen LogP contribution is 2.41. The summed E-state index contributed by atoms with van der Waals surface area (Å²) in [5.41, 5.74) is 2.70. The van der Waals surface area contributed by atoms with Gasteiger partial charge in [-0.3, -0.25) is 9.59 Å². The molecule has 0 saturated carbocycles. The average Bonchev–Trinajstić information content (AvgIpc) is 2.73. The third-order valence-corrected chi connectivity index (χ3v) is 4.99. The molecule has 2 aromatic rings. The maximum Gasteiger partial charge on any atom is 0.317 e. The molecule has 2 unspecified atom stereocenters. The van der Waals surface area contributed by atoms with Gasteiger partial charge in [-0.05, 0) is 60.4 Å². The van der Waals surface area contributed by atoms with Gasteiger partial charge in [0.2, 0.25) is 0 Å². The highest BCUT2D eigenvalue weighted by atomic mass is 16.5. The molecular weight excluding hydrogens is 356 g/mol. The predicted octanol–water partition coefficient (Wildman–Crippen LogP) is 4.02. The van der Waals surface area contributed by atoms with Gasteiger partial charge in [-0.15, -0.1) is 0 Å². The number of carbonyl (C=O) groups excluding carboxylic acids is 2. The number of rotatable bonds is 6. The van der Waals surface area contributed by atoms with Crippen molar-refractivity contribution in [2.24, 2.45) is 5.92 Å². The van der Waals surface area contributed by atoms with Crippen LogP contribution in [0.15, 0.2) is 54.6 Å². The van der Waals surface area contributed by atoms with E-state index in [2.05, 4.69) is 0 Å². The van der Waals surface area contributed by atoms with Gasteiger partial charge in [-0.1, -0.05) is 24.3 Å². The van der Waals surface area contributed by atoms with E-state index in [0.717, 1.165) is 22.4 Å². The number of hydrogen-bond acceptors (Lipinski definition) is 5. The molecule has 0 fully saturated rings. The molecule has 0 heterocycles. The molecule has 0 N–H and O–H groups in total. The lowest BCUT2D eigenvalue weighted by Crippen LogP contribution is -2.34. The number of benzene rings is 2. The Bertz CT molecular complexity index is 882. The maximum absolute atomic E-state index is 12.9. The number of hydrogen-bond donors (Lipinski definition) is 0. The molecule has 0 aromatic heterocycles. The Labute approximate surface area is 164 Å². The van der Waals surface area contributed by atoms with E-state index in [1.54, 1.807) is 27.2 Å². The standard InChI is InChI=1S/C23H24O5/c1-4-28-23(25)22-20(16-6-5-7-19(12-16)27-3)13-17(14-21(22)24)15-8-10-18(26-2)11-9-15/h5-12,14,20,22H,4,13H2,1-3H3. The Hall–Kier alpha value is -3.08. The summed E-state index contributed by atoms with van der Waals surface area (Å²) in [6, 6.07) is 15.1. The number of allylic oxidation sites excluding steroid dienone is 2. The first-order valence-electron chi connectivity index (χ1n) is 9.26. The molecule has 0 saturated heterocycles. The van der Waals surface area contributed by atoms with Gasteiger partial charge in [0, 0.05) is 5.92 Å². The van der Waals surface area contributed by atoms with Gasteiger partial charge < -0.3 is 14.2 Å². The minimum atomic E-state index is -0.853. The van der Waals surface area contributed by atoms with Crippen molar-refractivity contribution < 1.29 is 23.8 Å². The van der Waals surface area contributed by atoms with Crippen LogP contribution in [0.1, 0.15) is 30.4 Å². The van der Waals surface area contributed by atoms with Crippen LogP contribution in [0, 0.1) is 5.92 Å². The van der Waals surface area contributed by atoms with Gasteiger partial charge in [0.15, 0.2) is 5.78 Å². The Morgan fingerprint density at radius 3 is 2.39 bits per heavy atom. The van der Waals surface area contributed by atoms with Crippen molar-refractivity contribution in [1.29, 1.82) is 0 Å². The topological polar surface area (TPSA) is 61.8 Å². The molecule has 28 heavy (non-hydrogen) atoms.